The first-order valence-corrected chi connectivity index (χ1v) is 9.40. The molecule has 0 bridgehead atoms. The van der Waals surface area contributed by atoms with Crippen LogP contribution in [0.1, 0.15) is 35.2 Å². The molecule has 2 N–H and O–H groups in total. The number of nitrogens with zero attached hydrogens (tertiary/aromatic N) is 1. The maximum Gasteiger partial charge on any atom is 0.417 e. The molecule has 1 aliphatic carbocycles. The second-order valence-electron chi connectivity index (χ2n) is 7.12. The van der Waals surface area contributed by atoms with E-state index >= 15 is 4.39 Å². The number of fused-ring (bicyclic) bond motifs is 1. The van der Waals surface area contributed by atoms with E-state index in [-0.39, 0.29) is 36.3 Å². The van der Waals surface area contributed by atoms with E-state index in [1.54, 1.807) is 0 Å². The van der Waals surface area contributed by atoms with Crippen LogP contribution in [0.25, 0.3) is 0 Å². The van der Waals surface area contributed by atoms with Crippen LogP contribution in [0.15, 0.2) is 36.5 Å². The van der Waals surface area contributed by atoms with Crippen molar-refractivity contribution in [2.24, 2.45) is 0 Å². The molecule has 0 spiro atoms. The maximum absolute atomic E-state index is 15.8. The number of nitrogens with one attached hydrogen (secondary N) is 1. The van der Waals surface area contributed by atoms with Crippen molar-refractivity contribution in [3.05, 3.63) is 63.9 Å². The Morgan fingerprint density at radius 2 is 2.03 bits per heavy atom. The van der Waals surface area contributed by atoms with Crippen LogP contribution < -0.4 is 5.32 Å². The average Bonchev–Trinajstić information content (AvgIpc) is 2.70. The normalized spacial score (nSPS) is 23.7. The smallest absolute Gasteiger partial charge is 0.381 e. The molecule has 2 aromatic rings. The SMILES string of the molecule is COCC1(O)CCC(F)(C(=O)NCc2cccc(C(F)(F)F)c2Cl)c2cccnc21. The predicted octanol–water partition coefficient (Wildman–Crippen LogP) is 3.86. The summed E-state index contributed by atoms with van der Waals surface area (Å²) in [5, 5.41) is 12.5. The van der Waals surface area contributed by atoms with Crippen molar-refractivity contribution in [2.75, 3.05) is 13.7 Å². The first-order valence-electron chi connectivity index (χ1n) is 9.02. The second kappa shape index (κ2) is 8.13. The lowest BCUT2D eigenvalue weighted by Gasteiger charge is -2.39. The third-order valence-electron chi connectivity index (χ3n) is 5.13. The predicted molar refractivity (Wildman–Crippen MR) is 100 cm³/mol. The van der Waals surface area contributed by atoms with Gasteiger partial charge in [-0.25, -0.2) is 4.39 Å². The van der Waals surface area contributed by atoms with E-state index in [2.05, 4.69) is 10.3 Å². The van der Waals surface area contributed by atoms with E-state index in [1.807, 2.05) is 0 Å². The quantitative estimate of drug-likeness (QED) is 0.684. The summed E-state index contributed by atoms with van der Waals surface area (Å²) in [5.74, 6) is -1.05. The highest BCUT2D eigenvalue weighted by molar-refractivity contribution is 6.32. The third kappa shape index (κ3) is 4.01. The molecule has 10 heteroatoms. The number of pyridine rings is 1. The van der Waals surface area contributed by atoms with E-state index in [0.717, 1.165) is 12.1 Å². The van der Waals surface area contributed by atoms with Gasteiger partial charge in [0.25, 0.3) is 5.91 Å². The highest BCUT2D eigenvalue weighted by Crippen LogP contribution is 2.45. The molecular formula is C20H19ClF4N2O3. The molecule has 0 saturated heterocycles. The van der Waals surface area contributed by atoms with Gasteiger partial charge < -0.3 is 15.2 Å². The van der Waals surface area contributed by atoms with E-state index in [4.69, 9.17) is 16.3 Å². The molecule has 162 valence electrons. The molecule has 0 aliphatic heterocycles. The van der Waals surface area contributed by atoms with E-state index < -0.39 is 40.5 Å². The van der Waals surface area contributed by atoms with Crippen LogP contribution in [0.5, 0.6) is 0 Å². The van der Waals surface area contributed by atoms with Crippen molar-refractivity contribution in [1.29, 1.82) is 0 Å². The number of halogens is 5. The molecular weight excluding hydrogens is 428 g/mol. The van der Waals surface area contributed by atoms with Crippen LogP contribution in [-0.2, 0) is 33.5 Å². The monoisotopic (exact) mass is 446 g/mol. The molecule has 1 heterocycles. The number of rotatable bonds is 5. The Labute approximate surface area is 175 Å². The number of ether oxygens (including phenoxy) is 1. The van der Waals surface area contributed by atoms with Gasteiger partial charge in [0.05, 0.1) is 22.9 Å². The fourth-order valence-electron chi connectivity index (χ4n) is 3.59. The third-order valence-corrected chi connectivity index (χ3v) is 5.57. The van der Waals surface area contributed by atoms with Crippen LogP contribution in [0, 0.1) is 0 Å². The Bertz CT molecular complexity index is 956. The molecule has 2 atom stereocenters. The van der Waals surface area contributed by atoms with Crippen molar-refractivity contribution in [3.63, 3.8) is 0 Å². The van der Waals surface area contributed by atoms with E-state index in [9.17, 15) is 23.1 Å². The van der Waals surface area contributed by atoms with Gasteiger partial charge >= 0.3 is 6.18 Å². The summed E-state index contributed by atoms with van der Waals surface area (Å²) in [7, 11) is 1.38. The van der Waals surface area contributed by atoms with Crippen molar-refractivity contribution in [1.82, 2.24) is 10.3 Å². The Kier molecular flexibility index (Phi) is 6.08. The fourth-order valence-corrected chi connectivity index (χ4v) is 3.89. The zero-order valence-electron chi connectivity index (χ0n) is 15.9. The highest BCUT2D eigenvalue weighted by Gasteiger charge is 2.52. The zero-order valence-corrected chi connectivity index (χ0v) is 16.6. The van der Waals surface area contributed by atoms with Crippen LogP contribution in [0.4, 0.5) is 17.6 Å². The van der Waals surface area contributed by atoms with Gasteiger partial charge in [0.2, 0.25) is 5.67 Å². The Balaban J connectivity index is 1.86. The zero-order chi connectivity index (χ0) is 22.2. The van der Waals surface area contributed by atoms with Crippen LogP contribution in [0.2, 0.25) is 5.02 Å². The number of aliphatic hydroxyl groups is 1. The van der Waals surface area contributed by atoms with Gasteiger partial charge in [-0.1, -0.05) is 29.8 Å². The molecule has 0 saturated carbocycles. The molecule has 0 fully saturated rings. The first kappa shape index (κ1) is 22.5. The number of aromatic nitrogens is 1. The lowest BCUT2D eigenvalue weighted by Crippen LogP contribution is -2.49. The maximum atomic E-state index is 15.8. The summed E-state index contributed by atoms with van der Waals surface area (Å²) >= 11 is 5.83. The van der Waals surface area contributed by atoms with Crippen molar-refractivity contribution >= 4 is 17.5 Å². The van der Waals surface area contributed by atoms with E-state index in [0.29, 0.717) is 0 Å². The summed E-state index contributed by atoms with van der Waals surface area (Å²) in [6.45, 7) is -0.528. The minimum absolute atomic E-state index is 0.00143. The average molecular weight is 447 g/mol. The van der Waals surface area contributed by atoms with Gasteiger partial charge in [-0.05, 0) is 30.5 Å². The van der Waals surface area contributed by atoms with Gasteiger partial charge in [0.1, 0.15) is 5.60 Å². The summed E-state index contributed by atoms with van der Waals surface area (Å²) < 4.78 is 59.8. The molecule has 1 aromatic heterocycles. The van der Waals surface area contributed by atoms with Gasteiger partial charge in [-0.15, -0.1) is 0 Å². The standard InChI is InChI=1S/C20H19ClF4N2O3/c1-30-11-18(29)7-8-19(22,14-6-3-9-26-16(14)18)17(28)27-10-12-4-2-5-13(15(12)21)20(23,24)25/h2-6,9,29H,7-8,10-11H2,1H3,(H,27,28). The van der Waals surface area contributed by atoms with Gasteiger partial charge in [-0.2, -0.15) is 13.2 Å². The van der Waals surface area contributed by atoms with Gasteiger partial charge in [0.15, 0.2) is 0 Å². The molecule has 30 heavy (non-hydrogen) atoms. The second-order valence-corrected chi connectivity index (χ2v) is 7.50. The van der Waals surface area contributed by atoms with Gasteiger partial charge in [-0.3, -0.25) is 9.78 Å². The Morgan fingerprint density at radius 1 is 1.30 bits per heavy atom. The molecule has 5 nitrogen and oxygen atoms in total. The van der Waals surface area contributed by atoms with E-state index in [1.165, 1.54) is 31.5 Å². The minimum atomic E-state index is -4.65. The lowest BCUT2D eigenvalue weighted by molar-refractivity contribution is -0.138. The first-order chi connectivity index (χ1) is 14.0. The summed E-state index contributed by atoms with van der Waals surface area (Å²) in [5.41, 5.74) is -5.22. The highest BCUT2D eigenvalue weighted by atomic mass is 35.5. The summed E-state index contributed by atoms with van der Waals surface area (Å²) in [6, 6.07) is 6.08. The van der Waals surface area contributed by atoms with Gasteiger partial charge in [0, 0.05) is 25.4 Å². The number of methoxy groups -OCH3 is 1. The summed E-state index contributed by atoms with van der Waals surface area (Å²) in [4.78, 5) is 16.8. The van der Waals surface area contributed by atoms with Crippen LogP contribution in [0.3, 0.4) is 0 Å². The molecule has 2 unspecified atom stereocenters. The molecule has 1 aliphatic rings. The Hall–Kier alpha value is -2.23. The topological polar surface area (TPSA) is 71.5 Å². The van der Waals surface area contributed by atoms with Crippen LogP contribution in [-0.4, -0.2) is 29.7 Å². The number of alkyl halides is 4. The number of benzene rings is 1. The number of hydrogen-bond donors (Lipinski definition) is 2. The molecule has 1 amide bonds. The largest absolute Gasteiger partial charge is 0.417 e. The summed E-state index contributed by atoms with van der Waals surface area (Å²) in [6.07, 6.45) is -3.77. The van der Waals surface area contributed by atoms with Crippen LogP contribution >= 0.6 is 11.6 Å². The number of carbonyl (C=O) groups is 1. The fraction of sp³-hybridized carbons (Fsp3) is 0.400. The molecule has 1 aromatic carbocycles. The number of carbonyl (C=O) groups excluding carboxylic acids is 1. The molecule has 0 radical (unpaired) electrons. The minimum Gasteiger partial charge on any atom is -0.381 e. The molecule has 3 rings (SSSR count). The Morgan fingerprint density at radius 3 is 2.70 bits per heavy atom. The van der Waals surface area contributed by atoms with Crippen molar-refractivity contribution < 1.29 is 32.2 Å². The number of hydrogen-bond acceptors (Lipinski definition) is 4. The van der Waals surface area contributed by atoms with Crippen molar-refractivity contribution in [2.45, 2.75) is 36.8 Å². The lowest BCUT2D eigenvalue weighted by atomic mass is 9.74. The van der Waals surface area contributed by atoms with Crippen molar-refractivity contribution in [3.8, 4) is 0 Å². The number of amides is 1.